The van der Waals surface area contributed by atoms with Crippen LogP contribution in [0.3, 0.4) is 0 Å². The van der Waals surface area contributed by atoms with Gasteiger partial charge in [0.25, 0.3) is 17.4 Å². The molecule has 1 atom stereocenters. The summed E-state index contributed by atoms with van der Waals surface area (Å²) in [6.45, 7) is 0. The van der Waals surface area contributed by atoms with Crippen LogP contribution >= 0.6 is 0 Å². The van der Waals surface area contributed by atoms with Gasteiger partial charge in [-0.15, -0.1) is 0 Å². The molecule has 0 fully saturated rings. The van der Waals surface area contributed by atoms with E-state index >= 15 is 0 Å². The highest BCUT2D eigenvalue weighted by Gasteiger charge is 2.25. The van der Waals surface area contributed by atoms with Crippen LogP contribution in [0.1, 0.15) is 56.4 Å². The molecule has 1 aromatic carbocycles. The predicted molar refractivity (Wildman–Crippen MR) is 89.9 cm³/mol. The summed E-state index contributed by atoms with van der Waals surface area (Å²) in [6.07, 6.45) is 2.17. The highest BCUT2D eigenvalue weighted by atomic mass is 16.2. The van der Waals surface area contributed by atoms with Gasteiger partial charge < -0.3 is 16.0 Å². The summed E-state index contributed by atoms with van der Waals surface area (Å²) in [5.41, 5.74) is 6.95. The van der Waals surface area contributed by atoms with Gasteiger partial charge in [-0.25, -0.2) is 0 Å². The fraction of sp³-hybridized carbons (Fsp3) is 0.222. The maximum absolute atomic E-state index is 12.5. The number of aryl methyl sites for hydroxylation is 1. The van der Waals surface area contributed by atoms with Gasteiger partial charge in [-0.2, -0.15) is 5.26 Å². The second kappa shape index (κ2) is 6.61. The zero-order chi connectivity index (χ0) is 18.0. The molecule has 25 heavy (non-hydrogen) atoms. The van der Waals surface area contributed by atoms with Crippen LogP contribution in [-0.2, 0) is 6.42 Å². The fourth-order valence-electron chi connectivity index (χ4n) is 3.01. The molecular weight excluding hydrogens is 320 g/mol. The van der Waals surface area contributed by atoms with Gasteiger partial charge >= 0.3 is 0 Å². The largest absolute Gasteiger partial charge is 0.365 e. The summed E-state index contributed by atoms with van der Waals surface area (Å²) in [5.74, 6) is -1.08. The van der Waals surface area contributed by atoms with Gasteiger partial charge in [0.15, 0.2) is 0 Å². The highest BCUT2D eigenvalue weighted by Crippen LogP contribution is 2.28. The topological polar surface area (TPSA) is 129 Å². The molecular formula is C18H16N4O3. The normalized spacial score (nSPS) is 15.7. The third-order valence-corrected chi connectivity index (χ3v) is 4.30. The molecule has 0 aliphatic heterocycles. The average Bonchev–Trinajstić information content (AvgIpc) is 2.61. The smallest absolute Gasteiger partial charge is 0.261 e. The van der Waals surface area contributed by atoms with Crippen molar-refractivity contribution in [3.05, 3.63) is 68.6 Å². The third kappa shape index (κ3) is 3.28. The lowest BCUT2D eigenvalue weighted by atomic mass is 9.90. The molecule has 0 bridgehead atoms. The number of aromatic amines is 1. The van der Waals surface area contributed by atoms with Crippen molar-refractivity contribution in [1.82, 2.24) is 10.3 Å². The monoisotopic (exact) mass is 336 g/mol. The fourth-order valence-corrected chi connectivity index (χ4v) is 3.01. The number of carbonyl (C=O) groups is 2. The van der Waals surface area contributed by atoms with Gasteiger partial charge in [-0.3, -0.25) is 14.4 Å². The molecule has 2 amide bonds. The number of fused-ring (bicyclic) bond motifs is 1. The second-order valence-corrected chi connectivity index (χ2v) is 5.92. The Morgan fingerprint density at radius 2 is 2.00 bits per heavy atom. The van der Waals surface area contributed by atoms with Crippen LogP contribution in [0.5, 0.6) is 0 Å². The average molecular weight is 336 g/mol. The van der Waals surface area contributed by atoms with Crippen molar-refractivity contribution < 1.29 is 9.59 Å². The minimum absolute atomic E-state index is 0.113. The Kier molecular flexibility index (Phi) is 4.35. The van der Waals surface area contributed by atoms with Crippen molar-refractivity contribution in [3.63, 3.8) is 0 Å². The Bertz CT molecular complexity index is 938. The van der Waals surface area contributed by atoms with Crippen LogP contribution in [0, 0.1) is 11.3 Å². The van der Waals surface area contributed by atoms with E-state index in [0.29, 0.717) is 35.2 Å². The Balaban J connectivity index is 1.88. The van der Waals surface area contributed by atoms with Crippen molar-refractivity contribution in [1.29, 1.82) is 5.26 Å². The van der Waals surface area contributed by atoms with E-state index in [0.717, 1.165) is 6.42 Å². The van der Waals surface area contributed by atoms with Crippen LogP contribution in [-0.4, -0.2) is 16.8 Å². The molecule has 0 radical (unpaired) electrons. The van der Waals surface area contributed by atoms with E-state index in [1.807, 2.05) is 6.07 Å². The van der Waals surface area contributed by atoms with E-state index in [-0.39, 0.29) is 17.5 Å². The van der Waals surface area contributed by atoms with Gasteiger partial charge in [0.1, 0.15) is 5.56 Å². The number of carbonyl (C=O) groups excluding carboxylic acids is 2. The molecule has 1 aliphatic rings. The molecule has 1 heterocycles. The molecule has 126 valence electrons. The molecule has 0 saturated heterocycles. The molecule has 1 aliphatic carbocycles. The molecule has 7 nitrogen and oxygen atoms in total. The first kappa shape index (κ1) is 16.5. The summed E-state index contributed by atoms with van der Waals surface area (Å²) in [7, 11) is 0. The van der Waals surface area contributed by atoms with E-state index < -0.39 is 11.5 Å². The van der Waals surface area contributed by atoms with Crippen LogP contribution in [0.25, 0.3) is 0 Å². The minimum atomic E-state index is -0.799. The Hall–Kier alpha value is -3.40. The van der Waals surface area contributed by atoms with Gasteiger partial charge in [0.2, 0.25) is 0 Å². The molecule has 2 aromatic rings. The Morgan fingerprint density at radius 3 is 2.64 bits per heavy atom. The number of rotatable bonds is 3. The Morgan fingerprint density at radius 1 is 1.28 bits per heavy atom. The maximum atomic E-state index is 12.5. The zero-order valence-corrected chi connectivity index (χ0v) is 13.3. The van der Waals surface area contributed by atoms with Gasteiger partial charge in [0.05, 0.1) is 17.7 Å². The van der Waals surface area contributed by atoms with Gasteiger partial charge in [0, 0.05) is 11.3 Å². The zero-order valence-electron chi connectivity index (χ0n) is 13.3. The summed E-state index contributed by atoms with van der Waals surface area (Å²) >= 11 is 0. The second-order valence-electron chi connectivity index (χ2n) is 5.92. The predicted octanol–water partition coefficient (Wildman–Crippen LogP) is 1.15. The third-order valence-electron chi connectivity index (χ3n) is 4.30. The number of hydrogen-bond donors (Lipinski definition) is 3. The number of nitrogens with one attached hydrogen (secondary N) is 2. The number of hydrogen-bond acceptors (Lipinski definition) is 4. The summed E-state index contributed by atoms with van der Waals surface area (Å²) in [5, 5.41) is 11.7. The number of primary amides is 1. The first-order valence-electron chi connectivity index (χ1n) is 7.86. The van der Waals surface area contributed by atoms with Crippen molar-refractivity contribution >= 4 is 11.8 Å². The van der Waals surface area contributed by atoms with Crippen LogP contribution in [0.2, 0.25) is 0 Å². The van der Waals surface area contributed by atoms with Crippen LogP contribution < -0.4 is 16.6 Å². The van der Waals surface area contributed by atoms with Crippen molar-refractivity contribution in [2.24, 2.45) is 5.73 Å². The van der Waals surface area contributed by atoms with Crippen molar-refractivity contribution in [2.45, 2.75) is 25.3 Å². The number of nitrogens with two attached hydrogens (primary N) is 1. The van der Waals surface area contributed by atoms with E-state index in [4.69, 9.17) is 11.0 Å². The lowest BCUT2D eigenvalue weighted by molar-refractivity contribution is 0.0932. The minimum Gasteiger partial charge on any atom is -0.365 e. The summed E-state index contributed by atoms with van der Waals surface area (Å²) < 4.78 is 0. The van der Waals surface area contributed by atoms with Crippen LogP contribution in [0.15, 0.2) is 35.1 Å². The summed E-state index contributed by atoms with van der Waals surface area (Å²) in [4.78, 5) is 38.4. The van der Waals surface area contributed by atoms with E-state index in [1.165, 1.54) is 6.07 Å². The molecule has 1 aromatic heterocycles. The van der Waals surface area contributed by atoms with E-state index in [2.05, 4.69) is 10.3 Å². The van der Waals surface area contributed by atoms with E-state index in [9.17, 15) is 14.4 Å². The number of nitriles is 1. The van der Waals surface area contributed by atoms with E-state index in [1.54, 1.807) is 24.3 Å². The van der Waals surface area contributed by atoms with Gasteiger partial charge in [-0.05, 0) is 55.2 Å². The maximum Gasteiger partial charge on any atom is 0.261 e. The molecule has 3 rings (SSSR count). The standard InChI is InChI=1S/C18H16N4O3/c19-9-10-4-6-11(7-5-10)17(24)21-14-2-1-3-15-12(14)8-13(16(20)23)18(25)22-15/h4-8,14H,1-3H2,(H2,20,23)(H,21,24)(H,22,25). The number of H-pyrrole nitrogens is 1. The van der Waals surface area contributed by atoms with Crippen molar-refractivity contribution in [2.75, 3.05) is 0 Å². The number of nitrogens with zero attached hydrogens (tertiary/aromatic N) is 1. The SMILES string of the molecule is N#Cc1ccc(C(=O)NC2CCCc3[nH]c(=O)c(C(N)=O)cc32)cc1. The highest BCUT2D eigenvalue weighted by molar-refractivity contribution is 5.95. The molecule has 4 N–H and O–H groups in total. The lowest BCUT2D eigenvalue weighted by Crippen LogP contribution is -2.34. The number of amides is 2. The molecule has 1 unspecified atom stereocenters. The Labute approximate surface area is 143 Å². The molecule has 7 heteroatoms. The number of aromatic nitrogens is 1. The van der Waals surface area contributed by atoms with Crippen LogP contribution in [0.4, 0.5) is 0 Å². The molecule has 0 spiro atoms. The van der Waals surface area contributed by atoms with Crippen molar-refractivity contribution in [3.8, 4) is 6.07 Å². The quantitative estimate of drug-likeness (QED) is 0.776. The first-order chi connectivity index (χ1) is 12.0. The first-order valence-corrected chi connectivity index (χ1v) is 7.86. The molecule has 0 saturated carbocycles. The number of pyridine rings is 1. The van der Waals surface area contributed by atoms with Gasteiger partial charge in [-0.1, -0.05) is 0 Å². The number of benzene rings is 1. The lowest BCUT2D eigenvalue weighted by Gasteiger charge is -2.26. The summed E-state index contributed by atoms with van der Waals surface area (Å²) in [6, 6.07) is 9.47.